The number of nitrogens with one attached hydrogen (secondary N) is 1. The summed E-state index contributed by atoms with van der Waals surface area (Å²) >= 11 is 3.46. The summed E-state index contributed by atoms with van der Waals surface area (Å²) in [6.07, 6.45) is 1.03. The Morgan fingerprint density at radius 2 is 1.85 bits per heavy atom. The molecule has 1 N–H and O–H groups in total. The van der Waals surface area contributed by atoms with Crippen LogP contribution in [0.1, 0.15) is 18.1 Å². The van der Waals surface area contributed by atoms with E-state index in [0.717, 1.165) is 29.7 Å². The van der Waals surface area contributed by atoms with Gasteiger partial charge in [0.25, 0.3) is 0 Å². The Labute approximate surface area is 129 Å². The van der Waals surface area contributed by atoms with Gasteiger partial charge in [0.1, 0.15) is 12.4 Å². The fourth-order valence-electron chi connectivity index (χ4n) is 2.06. The lowest BCUT2D eigenvalue weighted by molar-refractivity contribution is 0.304. The molecule has 106 valence electrons. The van der Waals surface area contributed by atoms with Crippen molar-refractivity contribution in [2.45, 2.75) is 20.0 Å². The maximum atomic E-state index is 5.87. The quantitative estimate of drug-likeness (QED) is 0.767. The van der Waals surface area contributed by atoms with Crippen molar-refractivity contribution in [3.05, 3.63) is 64.1 Å². The molecule has 0 aliphatic carbocycles. The highest BCUT2D eigenvalue weighted by Gasteiger charge is 2.03. The Hall–Kier alpha value is -1.32. The van der Waals surface area contributed by atoms with E-state index < -0.39 is 0 Å². The van der Waals surface area contributed by atoms with E-state index in [0.29, 0.717) is 6.61 Å². The molecule has 0 aromatic heterocycles. The third kappa shape index (κ3) is 4.66. The van der Waals surface area contributed by atoms with Crippen molar-refractivity contribution >= 4 is 15.9 Å². The van der Waals surface area contributed by atoms with Crippen LogP contribution in [0.4, 0.5) is 0 Å². The lowest BCUT2D eigenvalue weighted by atomic mass is 10.1. The number of hydrogen-bond donors (Lipinski definition) is 1. The Bertz CT molecular complexity index is 542. The first kappa shape index (κ1) is 15.1. The van der Waals surface area contributed by atoms with Gasteiger partial charge in [-0.1, -0.05) is 53.2 Å². The molecule has 0 aliphatic heterocycles. The summed E-state index contributed by atoms with van der Waals surface area (Å²) in [6, 6.07) is 16.4. The molecule has 20 heavy (non-hydrogen) atoms. The zero-order valence-electron chi connectivity index (χ0n) is 11.7. The summed E-state index contributed by atoms with van der Waals surface area (Å²) in [7, 11) is 0. The van der Waals surface area contributed by atoms with Gasteiger partial charge in [-0.05, 0) is 48.8 Å². The predicted octanol–water partition coefficient (Wildman–Crippen LogP) is 4.18. The van der Waals surface area contributed by atoms with Crippen molar-refractivity contribution in [1.82, 2.24) is 5.32 Å². The fourth-order valence-corrected chi connectivity index (χ4v) is 2.44. The average Bonchev–Trinajstić information content (AvgIpc) is 2.47. The lowest BCUT2D eigenvalue weighted by Gasteiger charge is -2.11. The van der Waals surface area contributed by atoms with E-state index in [9.17, 15) is 0 Å². The molecule has 2 nitrogen and oxygen atoms in total. The normalized spacial score (nSPS) is 10.5. The zero-order chi connectivity index (χ0) is 14.2. The molecule has 0 saturated carbocycles. The summed E-state index contributed by atoms with van der Waals surface area (Å²) in [4.78, 5) is 0. The number of halogens is 1. The average molecular weight is 334 g/mol. The van der Waals surface area contributed by atoms with Gasteiger partial charge in [0, 0.05) is 4.47 Å². The molecule has 0 heterocycles. The van der Waals surface area contributed by atoms with E-state index in [4.69, 9.17) is 4.74 Å². The van der Waals surface area contributed by atoms with Crippen LogP contribution in [-0.2, 0) is 13.0 Å². The van der Waals surface area contributed by atoms with E-state index in [2.05, 4.69) is 52.4 Å². The van der Waals surface area contributed by atoms with Crippen molar-refractivity contribution in [2.24, 2.45) is 0 Å². The minimum absolute atomic E-state index is 0.610. The Morgan fingerprint density at radius 1 is 1.05 bits per heavy atom. The summed E-state index contributed by atoms with van der Waals surface area (Å²) in [6.45, 7) is 4.75. The molecule has 0 fully saturated rings. The van der Waals surface area contributed by atoms with Crippen LogP contribution < -0.4 is 10.1 Å². The highest BCUT2D eigenvalue weighted by atomic mass is 79.9. The van der Waals surface area contributed by atoms with E-state index >= 15 is 0 Å². The highest BCUT2D eigenvalue weighted by molar-refractivity contribution is 9.10. The van der Waals surface area contributed by atoms with Gasteiger partial charge in [-0.2, -0.15) is 0 Å². The van der Waals surface area contributed by atoms with Gasteiger partial charge in [-0.15, -0.1) is 0 Å². The van der Waals surface area contributed by atoms with Crippen LogP contribution in [0.2, 0.25) is 0 Å². The van der Waals surface area contributed by atoms with Gasteiger partial charge < -0.3 is 10.1 Å². The van der Waals surface area contributed by atoms with Crippen LogP contribution in [0, 0.1) is 0 Å². The predicted molar refractivity (Wildman–Crippen MR) is 87.2 cm³/mol. The van der Waals surface area contributed by atoms with Crippen LogP contribution in [0.15, 0.2) is 53.0 Å². The molecule has 0 spiro atoms. The van der Waals surface area contributed by atoms with Crippen molar-refractivity contribution in [2.75, 3.05) is 13.1 Å². The van der Waals surface area contributed by atoms with E-state index in [1.54, 1.807) is 0 Å². The highest BCUT2D eigenvalue weighted by Crippen LogP contribution is 2.19. The Balaban J connectivity index is 1.98. The first-order valence-corrected chi connectivity index (χ1v) is 7.74. The number of likely N-dealkylation sites (N-methyl/N-ethyl adjacent to an activating group) is 1. The monoisotopic (exact) mass is 333 g/mol. The summed E-state index contributed by atoms with van der Waals surface area (Å²) < 4.78 is 6.91. The third-order valence-electron chi connectivity index (χ3n) is 3.13. The van der Waals surface area contributed by atoms with Crippen molar-refractivity contribution in [3.63, 3.8) is 0 Å². The van der Waals surface area contributed by atoms with E-state index in [1.807, 2.05) is 24.3 Å². The maximum absolute atomic E-state index is 5.87. The molecule has 0 saturated heterocycles. The first-order valence-electron chi connectivity index (χ1n) is 6.95. The molecule has 0 amide bonds. The van der Waals surface area contributed by atoms with Gasteiger partial charge in [-0.3, -0.25) is 0 Å². The minimum Gasteiger partial charge on any atom is -0.489 e. The summed E-state index contributed by atoms with van der Waals surface area (Å²) in [5.74, 6) is 0.890. The molecule has 0 bridgehead atoms. The molecule has 0 unspecified atom stereocenters. The lowest BCUT2D eigenvalue weighted by Crippen LogP contribution is -2.17. The fraction of sp³-hybridized carbons (Fsp3) is 0.294. The van der Waals surface area contributed by atoms with Crippen LogP contribution >= 0.6 is 15.9 Å². The molecule has 2 aromatic rings. The SMILES string of the molecule is CCNCCc1ccccc1COc1cccc(Br)c1. The van der Waals surface area contributed by atoms with E-state index in [1.165, 1.54) is 11.1 Å². The topological polar surface area (TPSA) is 21.3 Å². The van der Waals surface area contributed by atoms with Crippen LogP contribution in [0.3, 0.4) is 0 Å². The number of rotatable bonds is 7. The second kappa shape index (κ2) is 8.08. The number of hydrogen-bond acceptors (Lipinski definition) is 2. The second-order valence-corrected chi connectivity index (χ2v) is 5.53. The van der Waals surface area contributed by atoms with E-state index in [-0.39, 0.29) is 0 Å². The van der Waals surface area contributed by atoms with Crippen LogP contribution in [0.25, 0.3) is 0 Å². The van der Waals surface area contributed by atoms with Crippen molar-refractivity contribution in [1.29, 1.82) is 0 Å². The molecule has 0 atom stereocenters. The zero-order valence-corrected chi connectivity index (χ0v) is 13.3. The standard InChI is InChI=1S/C17H20BrNO/c1-2-19-11-10-14-6-3-4-7-15(14)13-20-17-9-5-8-16(18)12-17/h3-9,12,19H,2,10-11,13H2,1H3. The first-order chi connectivity index (χ1) is 9.79. The molecule has 0 aliphatic rings. The summed E-state index contributed by atoms with van der Waals surface area (Å²) in [5, 5.41) is 3.36. The molecule has 0 radical (unpaired) electrons. The van der Waals surface area contributed by atoms with Gasteiger partial charge in [0.2, 0.25) is 0 Å². The number of benzene rings is 2. The van der Waals surface area contributed by atoms with Crippen LogP contribution in [0.5, 0.6) is 5.75 Å². The van der Waals surface area contributed by atoms with Crippen molar-refractivity contribution < 1.29 is 4.74 Å². The molecule has 2 rings (SSSR count). The second-order valence-electron chi connectivity index (χ2n) is 4.62. The van der Waals surface area contributed by atoms with Gasteiger partial charge in [0.05, 0.1) is 0 Å². The van der Waals surface area contributed by atoms with Gasteiger partial charge in [0.15, 0.2) is 0 Å². The van der Waals surface area contributed by atoms with Crippen molar-refractivity contribution in [3.8, 4) is 5.75 Å². The smallest absolute Gasteiger partial charge is 0.120 e. The maximum Gasteiger partial charge on any atom is 0.120 e. The number of ether oxygens (including phenoxy) is 1. The minimum atomic E-state index is 0.610. The Kier molecular flexibility index (Phi) is 6.09. The molecular formula is C17H20BrNO. The molecular weight excluding hydrogens is 314 g/mol. The third-order valence-corrected chi connectivity index (χ3v) is 3.62. The molecule has 2 aromatic carbocycles. The Morgan fingerprint density at radius 3 is 2.60 bits per heavy atom. The van der Waals surface area contributed by atoms with Crippen LogP contribution in [-0.4, -0.2) is 13.1 Å². The largest absolute Gasteiger partial charge is 0.489 e. The van der Waals surface area contributed by atoms with Gasteiger partial charge in [-0.25, -0.2) is 0 Å². The molecule has 3 heteroatoms. The van der Waals surface area contributed by atoms with Gasteiger partial charge >= 0.3 is 0 Å². The summed E-state index contributed by atoms with van der Waals surface area (Å²) in [5.41, 5.74) is 2.61.